The van der Waals surface area contributed by atoms with Crippen LogP contribution in [0.25, 0.3) is 0 Å². The van der Waals surface area contributed by atoms with Crippen LogP contribution >= 0.6 is 0 Å². The van der Waals surface area contributed by atoms with Crippen LogP contribution in [0, 0.1) is 11.8 Å². The Balaban J connectivity index is 4.38. The molecule has 0 aliphatic rings. The summed E-state index contributed by atoms with van der Waals surface area (Å²) in [6.07, 6.45) is -0.403. The Bertz CT molecular complexity index is 393. The number of aliphatic carboxylic acids is 2. The summed E-state index contributed by atoms with van der Waals surface area (Å²) in [5.41, 5.74) is 0. The summed E-state index contributed by atoms with van der Waals surface area (Å²) in [6.45, 7) is 6.63. The van der Waals surface area contributed by atoms with Gasteiger partial charge in [0, 0.05) is 12.8 Å². The lowest BCUT2D eigenvalue weighted by molar-refractivity contribution is -0.144. The Morgan fingerprint density at radius 3 is 1.18 bits per heavy atom. The molecule has 0 aromatic rings. The summed E-state index contributed by atoms with van der Waals surface area (Å²) in [7, 11) is 0. The molecule has 0 aromatic carbocycles. The lowest BCUT2D eigenvalue weighted by atomic mass is 10.0. The summed E-state index contributed by atoms with van der Waals surface area (Å²) in [5.74, 6) is -3.97. The van der Waals surface area contributed by atoms with Gasteiger partial charge in [-0.25, -0.2) is 9.59 Å². The van der Waals surface area contributed by atoms with E-state index in [-0.39, 0.29) is 24.7 Å². The molecule has 8 heteroatoms. The second-order valence-corrected chi connectivity index (χ2v) is 5.75. The van der Waals surface area contributed by atoms with Crippen molar-refractivity contribution in [1.82, 2.24) is 10.6 Å². The number of carboxylic acids is 2. The number of carboxylic acid groups (broad SMARTS) is 2. The van der Waals surface area contributed by atoms with Crippen LogP contribution in [0.5, 0.6) is 0 Å². The first-order valence-corrected chi connectivity index (χ1v) is 7.10. The highest BCUT2D eigenvalue weighted by Gasteiger charge is 2.25. The minimum atomic E-state index is -1.14. The fraction of sp³-hybridized carbons (Fsp3) is 0.714. The number of hydrogen-bond acceptors (Lipinski definition) is 4. The van der Waals surface area contributed by atoms with Crippen LogP contribution in [0.4, 0.5) is 0 Å². The third kappa shape index (κ3) is 7.05. The molecule has 0 aliphatic heterocycles. The molecule has 0 saturated carbocycles. The fourth-order valence-corrected chi connectivity index (χ4v) is 1.75. The number of amides is 2. The average Bonchev–Trinajstić information content (AvgIpc) is 2.38. The number of rotatable bonds is 9. The molecule has 0 rings (SSSR count). The Hall–Kier alpha value is -2.12. The summed E-state index contributed by atoms with van der Waals surface area (Å²) in [5, 5.41) is 22.6. The first kappa shape index (κ1) is 19.9. The van der Waals surface area contributed by atoms with Crippen molar-refractivity contribution in [2.75, 3.05) is 0 Å². The van der Waals surface area contributed by atoms with Crippen LogP contribution < -0.4 is 10.6 Å². The Morgan fingerprint density at radius 1 is 0.727 bits per heavy atom. The normalized spacial score (nSPS) is 13.5. The molecule has 4 N–H and O–H groups in total. The number of carbonyl (C=O) groups excluding carboxylic acids is 2. The lowest BCUT2D eigenvalue weighted by Gasteiger charge is -2.19. The Kier molecular flexibility index (Phi) is 8.14. The lowest BCUT2D eigenvalue weighted by Crippen LogP contribution is -2.46. The van der Waals surface area contributed by atoms with Gasteiger partial charge < -0.3 is 20.8 Å². The zero-order valence-electron chi connectivity index (χ0n) is 13.3. The maximum atomic E-state index is 11.6. The standard InChI is InChI=1S/C14H24N2O6/c1-7(2)11(13(19)20)15-9(17)5-6-10(18)16-12(8(3)4)14(21)22/h7-8,11-12H,5-6H2,1-4H3,(H,15,17)(H,16,18)(H,19,20)(H,21,22). The van der Waals surface area contributed by atoms with Gasteiger partial charge in [-0.05, 0) is 11.8 Å². The number of hydrogen-bond donors (Lipinski definition) is 4. The fourth-order valence-electron chi connectivity index (χ4n) is 1.75. The Morgan fingerprint density at radius 2 is 1.00 bits per heavy atom. The molecule has 2 atom stereocenters. The molecule has 22 heavy (non-hydrogen) atoms. The van der Waals surface area contributed by atoms with Gasteiger partial charge in [-0.1, -0.05) is 27.7 Å². The molecular formula is C14H24N2O6. The molecule has 0 bridgehead atoms. The third-order valence-electron chi connectivity index (χ3n) is 3.08. The van der Waals surface area contributed by atoms with Crippen LogP contribution in [0.2, 0.25) is 0 Å². The molecule has 0 saturated heterocycles. The van der Waals surface area contributed by atoms with Gasteiger partial charge in [-0.3, -0.25) is 9.59 Å². The van der Waals surface area contributed by atoms with Gasteiger partial charge in [-0.15, -0.1) is 0 Å². The molecule has 0 radical (unpaired) electrons. The average molecular weight is 316 g/mol. The van der Waals surface area contributed by atoms with E-state index >= 15 is 0 Å². The number of carbonyl (C=O) groups is 4. The van der Waals surface area contributed by atoms with Crippen molar-refractivity contribution >= 4 is 23.8 Å². The summed E-state index contributed by atoms with van der Waals surface area (Å²) >= 11 is 0. The van der Waals surface area contributed by atoms with E-state index in [9.17, 15) is 19.2 Å². The van der Waals surface area contributed by atoms with Gasteiger partial charge in [0.25, 0.3) is 0 Å². The van der Waals surface area contributed by atoms with E-state index in [4.69, 9.17) is 10.2 Å². The highest BCUT2D eigenvalue weighted by Crippen LogP contribution is 2.04. The van der Waals surface area contributed by atoms with Crippen LogP contribution in [0.3, 0.4) is 0 Å². The smallest absolute Gasteiger partial charge is 0.326 e. The molecule has 0 aliphatic carbocycles. The van der Waals surface area contributed by atoms with E-state index in [0.717, 1.165) is 0 Å². The van der Waals surface area contributed by atoms with Gasteiger partial charge in [0.15, 0.2) is 0 Å². The maximum absolute atomic E-state index is 11.6. The largest absolute Gasteiger partial charge is 0.480 e. The van der Waals surface area contributed by atoms with Crippen LogP contribution in [0.15, 0.2) is 0 Å². The molecule has 0 spiro atoms. The predicted octanol–water partition coefficient (Wildman–Crippen LogP) is 0.217. The molecule has 126 valence electrons. The molecule has 2 unspecified atom stereocenters. The summed E-state index contributed by atoms with van der Waals surface area (Å²) in [4.78, 5) is 45.2. The zero-order valence-corrected chi connectivity index (χ0v) is 13.3. The maximum Gasteiger partial charge on any atom is 0.326 e. The van der Waals surface area contributed by atoms with Crippen LogP contribution in [-0.2, 0) is 19.2 Å². The van der Waals surface area contributed by atoms with Crippen molar-refractivity contribution in [3.63, 3.8) is 0 Å². The highest BCUT2D eigenvalue weighted by atomic mass is 16.4. The first-order chi connectivity index (χ1) is 10.1. The minimum absolute atomic E-state index is 0.202. The minimum Gasteiger partial charge on any atom is -0.480 e. The van der Waals surface area contributed by atoms with Crippen LogP contribution in [-0.4, -0.2) is 46.0 Å². The topological polar surface area (TPSA) is 133 Å². The third-order valence-corrected chi connectivity index (χ3v) is 3.08. The van der Waals surface area contributed by atoms with E-state index in [1.54, 1.807) is 27.7 Å². The summed E-state index contributed by atoms with van der Waals surface area (Å²) < 4.78 is 0. The van der Waals surface area contributed by atoms with E-state index in [1.165, 1.54) is 0 Å². The van der Waals surface area contributed by atoms with Crippen molar-refractivity contribution in [3.8, 4) is 0 Å². The predicted molar refractivity (Wildman–Crippen MR) is 78.0 cm³/mol. The molecule has 2 amide bonds. The van der Waals surface area contributed by atoms with E-state index in [0.29, 0.717) is 0 Å². The molecule has 0 fully saturated rings. The van der Waals surface area contributed by atoms with Crippen molar-refractivity contribution < 1.29 is 29.4 Å². The van der Waals surface area contributed by atoms with Crippen molar-refractivity contribution in [3.05, 3.63) is 0 Å². The quantitative estimate of drug-likeness (QED) is 0.481. The van der Waals surface area contributed by atoms with E-state index in [1.807, 2.05) is 0 Å². The second-order valence-electron chi connectivity index (χ2n) is 5.75. The van der Waals surface area contributed by atoms with Crippen molar-refractivity contribution in [2.24, 2.45) is 11.8 Å². The van der Waals surface area contributed by atoms with E-state index < -0.39 is 35.8 Å². The van der Waals surface area contributed by atoms with Gasteiger partial charge in [-0.2, -0.15) is 0 Å². The van der Waals surface area contributed by atoms with Gasteiger partial charge in [0.05, 0.1) is 0 Å². The zero-order chi connectivity index (χ0) is 17.4. The molecule has 0 aromatic heterocycles. The van der Waals surface area contributed by atoms with E-state index in [2.05, 4.69) is 10.6 Å². The van der Waals surface area contributed by atoms with Gasteiger partial charge >= 0.3 is 11.9 Å². The number of nitrogens with one attached hydrogen (secondary N) is 2. The molecule has 8 nitrogen and oxygen atoms in total. The molecule has 0 heterocycles. The first-order valence-electron chi connectivity index (χ1n) is 7.10. The van der Waals surface area contributed by atoms with Gasteiger partial charge in [0.2, 0.25) is 11.8 Å². The monoisotopic (exact) mass is 316 g/mol. The second kappa shape index (κ2) is 9.01. The highest BCUT2D eigenvalue weighted by molar-refractivity contribution is 5.88. The van der Waals surface area contributed by atoms with Crippen molar-refractivity contribution in [1.29, 1.82) is 0 Å². The van der Waals surface area contributed by atoms with Crippen LogP contribution in [0.1, 0.15) is 40.5 Å². The summed E-state index contributed by atoms with van der Waals surface area (Å²) in [6, 6.07) is -2.03. The Labute approximate surface area is 129 Å². The van der Waals surface area contributed by atoms with Crippen molar-refractivity contribution in [2.45, 2.75) is 52.6 Å². The van der Waals surface area contributed by atoms with Gasteiger partial charge in [0.1, 0.15) is 12.1 Å². The SMILES string of the molecule is CC(C)C(NC(=O)CCC(=O)NC(C(=O)O)C(C)C)C(=O)O. The molecular weight excluding hydrogens is 292 g/mol.